The van der Waals surface area contributed by atoms with Gasteiger partial charge in [-0.15, -0.1) is 0 Å². The van der Waals surface area contributed by atoms with E-state index in [9.17, 15) is 4.79 Å². The summed E-state index contributed by atoms with van der Waals surface area (Å²) in [7, 11) is 1.84. The summed E-state index contributed by atoms with van der Waals surface area (Å²) < 4.78 is 0. The molecular weight excluding hydrogens is 200 g/mol. The van der Waals surface area contributed by atoms with Crippen LogP contribution in [-0.4, -0.2) is 17.9 Å². The molecule has 0 saturated carbocycles. The van der Waals surface area contributed by atoms with Crippen LogP contribution in [0.5, 0.6) is 0 Å². The summed E-state index contributed by atoms with van der Waals surface area (Å²) in [6.07, 6.45) is 1.51. The van der Waals surface area contributed by atoms with Crippen molar-refractivity contribution in [1.29, 1.82) is 0 Å². The lowest BCUT2D eigenvalue weighted by Gasteiger charge is -2.17. The van der Waals surface area contributed by atoms with Crippen LogP contribution < -0.4 is 5.73 Å². The number of nitrogens with zero attached hydrogens (tertiary/aromatic N) is 1. The Balaban J connectivity index is 2.61. The van der Waals surface area contributed by atoms with E-state index in [0.29, 0.717) is 19.5 Å². The van der Waals surface area contributed by atoms with Crippen LogP contribution in [0.15, 0.2) is 24.3 Å². The van der Waals surface area contributed by atoms with Crippen molar-refractivity contribution in [2.75, 3.05) is 7.05 Å². The van der Waals surface area contributed by atoms with Gasteiger partial charge >= 0.3 is 0 Å². The number of amides is 1. The molecule has 16 heavy (non-hydrogen) atoms. The molecule has 1 amide bonds. The normalized spacial score (nSPS) is 10.2. The molecule has 0 saturated heterocycles. The third-order valence-corrected chi connectivity index (χ3v) is 2.54. The first-order chi connectivity index (χ1) is 7.67. The van der Waals surface area contributed by atoms with Gasteiger partial charge in [-0.1, -0.05) is 31.2 Å². The SMILES string of the molecule is CCCC(=O)N(C)Cc1cccc(CN)c1. The highest BCUT2D eigenvalue weighted by Crippen LogP contribution is 2.08. The Morgan fingerprint density at radius 3 is 2.69 bits per heavy atom. The van der Waals surface area contributed by atoms with E-state index >= 15 is 0 Å². The third-order valence-electron chi connectivity index (χ3n) is 2.54. The fourth-order valence-corrected chi connectivity index (χ4v) is 1.62. The molecule has 1 aromatic rings. The first kappa shape index (κ1) is 12.7. The summed E-state index contributed by atoms with van der Waals surface area (Å²) in [5.41, 5.74) is 7.82. The standard InChI is InChI=1S/C13H20N2O/c1-3-5-13(16)15(2)10-12-7-4-6-11(8-12)9-14/h4,6-8H,3,5,9-10,14H2,1-2H3. The van der Waals surface area contributed by atoms with Gasteiger partial charge in [0, 0.05) is 26.6 Å². The topological polar surface area (TPSA) is 46.3 Å². The maximum Gasteiger partial charge on any atom is 0.222 e. The van der Waals surface area contributed by atoms with E-state index in [1.165, 1.54) is 0 Å². The summed E-state index contributed by atoms with van der Waals surface area (Å²) in [4.78, 5) is 13.4. The Morgan fingerprint density at radius 1 is 1.38 bits per heavy atom. The molecule has 88 valence electrons. The molecule has 1 aromatic carbocycles. The molecule has 3 nitrogen and oxygen atoms in total. The minimum atomic E-state index is 0.195. The zero-order chi connectivity index (χ0) is 12.0. The Hall–Kier alpha value is -1.35. The van der Waals surface area contributed by atoms with Crippen molar-refractivity contribution in [2.45, 2.75) is 32.9 Å². The molecule has 0 aromatic heterocycles. The number of nitrogens with two attached hydrogens (primary N) is 1. The van der Waals surface area contributed by atoms with Gasteiger partial charge in [0.1, 0.15) is 0 Å². The van der Waals surface area contributed by atoms with E-state index in [-0.39, 0.29) is 5.91 Å². The van der Waals surface area contributed by atoms with E-state index < -0.39 is 0 Å². The van der Waals surface area contributed by atoms with Crippen LogP contribution in [0.25, 0.3) is 0 Å². The van der Waals surface area contributed by atoms with Gasteiger partial charge in [-0.05, 0) is 17.5 Å². The van der Waals surface area contributed by atoms with Crippen LogP contribution in [-0.2, 0) is 17.9 Å². The average molecular weight is 220 g/mol. The summed E-state index contributed by atoms with van der Waals surface area (Å²) in [6, 6.07) is 8.05. The van der Waals surface area contributed by atoms with Crippen molar-refractivity contribution in [1.82, 2.24) is 4.90 Å². The van der Waals surface area contributed by atoms with Gasteiger partial charge in [0.2, 0.25) is 5.91 Å². The average Bonchev–Trinajstić information content (AvgIpc) is 2.29. The Labute approximate surface area is 97.2 Å². The minimum Gasteiger partial charge on any atom is -0.341 e. The van der Waals surface area contributed by atoms with E-state index in [1.807, 2.05) is 32.2 Å². The largest absolute Gasteiger partial charge is 0.341 e. The van der Waals surface area contributed by atoms with Crippen LogP contribution in [0, 0.1) is 0 Å². The summed E-state index contributed by atoms with van der Waals surface area (Å²) >= 11 is 0. The van der Waals surface area contributed by atoms with Crippen LogP contribution >= 0.6 is 0 Å². The van der Waals surface area contributed by atoms with Gasteiger partial charge in [-0.3, -0.25) is 4.79 Å². The molecule has 0 aliphatic rings. The second-order valence-electron chi connectivity index (χ2n) is 4.02. The molecule has 0 radical (unpaired) electrons. The maximum atomic E-state index is 11.6. The van der Waals surface area contributed by atoms with Gasteiger partial charge < -0.3 is 10.6 Å². The second-order valence-corrected chi connectivity index (χ2v) is 4.02. The van der Waals surface area contributed by atoms with Crippen molar-refractivity contribution in [3.8, 4) is 0 Å². The molecule has 0 unspecified atom stereocenters. The molecule has 0 aliphatic carbocycles. The zero-order valence-electron chi connectivity index (χ0n) is 10.1. The number of carbonyl (C=O) groups is 1. The first-order valence-corrected chi connectivity index (χ1v) is 5.69. The van der Waals surface area contributed by atoms with E-state index in [2.05, 4.69) is 6.07 Å². The van der Waals surface area contributed by atoms with Crippen LogP contribution in [0.3, 0.4) is 0 Å². The Kier molecular flexibility index (Phi) is 4.99. The molecule has 1 rings (SSSR count). The summed E-state index contributed by atoms with van der Waals surface area (Å²) in [5.74, 6) is 0.195. The number of benzene rings is 1. The van der Waals surface area contributed by atoms with Gasteiger partial charge in [-0.2, -0.15) is 0 Å². The Morgan fingerprint density at radius 2 is 2.06 bits per heavy atom. The third kappa shape index (κ3) is 3.66. The first-order valence-electron chi connectivity index (χ1n) is 5.69. The lowest BCUT2D eigenvalue weighted by atomic mass is 10.1. The highest BCUT2D eigenvalue weighted by Gasteiger charge is 2.07. The van der Waals surface area contributed by atoms with Crippen LogP contribution in [0.1, 0.15) is 30.9 Å². The van der Waals surface area contributed by atoms with Crippen molar-refractivity contribution >= 4 is 5.91 Å². The lowest BCUT2D eigenvalue weighted by molar-refractivity contribution is -0.130. The zero-order valence-corrected chi connectivity index (χ0v) is 10.1. The number of carbonyl (C=O) groups excluding carboxylic acids is 1. The smallest absolute Gasteiger partial charge is 0.222 e. The van der Waals surface area contributed by atoms with Gasteiger partial charge in [-0.25, -0.2) is 0 Å². The van der Waals surface area contributed by atoms with E-state index in [4.69, 9.17) is 5.73 Å². The number of hydrogen-bond acceptors (Lipinski definition) is 2. The highest BCUT2D eigenvalue weighted by molar-refractivity contribution is 5.75. The molecule has 0 atom stereocenters. The fourth-order valence-electron chi connectivity index (χ4n) is 1.62. The lowest BCUT2D eigenvalue weighted by Crippen LogP contribution is -2.25. The number of hydrogen-bond donors (Lipinski definition) is 1. The molecule has 0 bridgehead atoms. The molecule has 2 N–H and O–H groups in total. The summed E-state index contributed by atoms with van der Waals surface area (Å²) in [6.45, 7) is 3.22. The highest BCUT2D eigenvalue weighted by atomic mass is 16.2. The van der Waals surface area contributed by atoms with Crippen LogP contribution in [0.2, 0.25) is 0 Å². The van der Waals surface area contributed by atoms with Crippen molar-refractivity contribution in [3.63, 3.8) is 0 Å². The second kappa shape index (κ2) is 6.28. The Bertz CT molecular complexity index is 350. The predicted molar refractivity (Wildman–Crippen MR) is 65.7 cm³/mol. The quantitative estimate of drug-likeness (QED) is 0.824. The predicted octanol–water partition coefficient (Wildman–Crippen LogP) is 1.90. The molecular formula is C13H20N2O. The van der Waals surface area contributed by atoms with Crippen LogP contribution in [0.4, 0.5) is 0 Å². The maximum absolute atomic E-state index is 11.6. The summed E-state index contributed by atoms with van der Waals surface area (Å²) in [5, 5.41) is 0. The molecule has 0 heterocycles. The van der Waals surface area contributed by atoms with E-state index in [0.717, 1.165) is 17.5 Å². The van der Waals surface area contributed by atoms with Crippen molar-refractivity contribution in [3.05, 3.63) is 35.4 Å². The minimum absolute atomic E-state index is 0.195. The molecule has 3 heteroatoms. The van der Waals surface area contributed by atoms with Gasteiger partial charge in [0.15, 0.2) is 0 Å². The van der Waals surface area contributed by atoms with Gasteiger partial charge in [0.05, 0.1) is 0 Å². The monoisotopic (exact) mass is 220 g/mol. The molecule has 0 aliphatic heterocycles. The fraction of sp³-hybridized carbons (Fsp3) is 0.462. The van der Waals surface area contributed by atoms with Crippen molar-refractivity contribution in [2.24, 2.45) is 5.73 Å². The number of rotatable bonds is 5. The van der Waals surface area contributed by atoms with Crippen molar-refractivity contribution < 1.29 is 4.79 Å². The molecule has 0 spiro atoms. The van der Waals surface area contributed by atoms with Gasteiger partial charge in [0.25, 0.3) is 0 Å². The molecule has 0 fully saturated rings. The van der Waals surface area contributed by atoms with E-state index in [1.54, 1.807) is 4.90 Å².